The number of esters is 3. The predicted octanol–water partition coefficient (Wildman–Crippen LogP) is 20.7. The van der Waals surface area contributed by atoms with Crippen LogP contribution in [-0.4, -0.2) is 37.2 Å². The van der Waals surface area contributed by atoms with Crippen LogP contribution in [0.1, 0.15) is 342 Å². The van der Waals surface area contributed by atoms with Gasteiger partial charge in [-0.1, -0.05) is 276 Å². The fraction of sp³-hybridized carbons (Fsp3) is 0.889. The molecule has 0 aliphatic rings. The molecule has 6 nitrogen and oxygen atoms in total. The van der Waals surface area contributed by atoms with Crippen LogP contribution in [0, 0.1) is 0 Å². The van der Waals surface area contributed by atoms with E-state index in [0.29, 0.717) is 19.3 Å². The smallest absolute Gasteiger partial charge is 0.306 e. The fourth-order valence-electron chi connectivity index (χ4n) is 9.26. The van der Waals surface area contributed by atoms with E-state index in [0.717, 1.165) is 64.2 Å². The van der Waals surface area contributed by atoms with E-state index in [9.17, 15) is 14.4 Å². The first kappa shape index (κ1) is 66.9. The van der Waals surface area contributed by atoms with Gasteiger partial charge < -0.3 is 14.2 Å². The molecule has 0 amide bonds. The second kappa shape index (κ2) is 58.5. The van der Waals surface area contributed by atoms with Crippen LogP contribution in [0.15, 0.2) is 24.3 Å². The van der Waals surface area contributed by atoms with Gasteiger partial charge in [-0.15, -0.1) is 0 Å². The van der Waals surface area contributed by atoms with Crippen molar-refractivity contribution in [3.63, 3.8) is 0 Å². The topological polar surface area (TPSA) is 78.9 Å². The Hall–Kier alpha value is -2.11. The van der Waals surface area contributed by atoms with E-state index in [4.69, 9.17) is 14.2 Å². The van der Waals surface area contributed by atoms with Crippen molar-refractivity contribution < 1.29 is 28.6 Å². The Morgan fingerprint density at radius 3 is 0.739 bits per heavy atom. The zero-order valence-corrected chi connectivity index (χ0v) is 46.6. The SMILES string of the molecule is CCCCCC/C=C\CCCCCCCC(=O)OC[C@@H](COC(=O)CCCCCCCCCCCCC/C=C\CCCCCCCC)OC(=O)CCCCCCCCCCCCCCCCCCC. The monoisotopic (exact) mass is 971 g/mol. The maximum absolute atomic E-state index is 12.9. The number of carbonyl (C=O) groups is 3. The summed E-state index contributed by atoms with van der Waals surface area (Å²) < 4.78 is 16.9. The largest absolute Gasteiger partial charge is 0.462 e. The van der Waals surface area contributed by atoms with E-state index < -0.39 is 6.10 Å². The second-order valence-corrected chi connectivity index (χ2v) is 21.0. The van der Waals surface area contributed by atoms with Crippen molar-refractivity contribution in [2.24, 2.45) is 0 Å². The van der Waals surface area contributed by atoms with E-state index in [1.54, 1.807) is 0 Å². The van der Waals surface area contributed by atoms with E-state index in [1.165, 1.54) is 238 Å². The van der Waals surface area contributed by atoms with Gasteiger partial charge in [0.2, 0.25) is 0 Å². The lowest BCUT2D eigenvalue weighted by Crippen LogP contribution is -2.30. The summed E-state index contributed by atoms with van der Waals surface area (Å²) in [5, 5.41) is 0. The molecule has 0 heterocycles. The Morgan fingerprint density at radius 2 is 0.478 bits per heavy atom. The normalized spacial score (nSPS) is 12.1. The molecule has 0 saturated carbocycles. The summed E-state index contributed by atoms with van der Waals surface area (Å²) in [4.78, 5) is 38.2. The molecule has 69 heavy (non-hydrogen) atoms. The Labute approximate surface area is 430 Å². The molecule has 0 aromatic heterocycles. The highest BCUT2D eigenvalue weighted by molar-refractivity contribution is 5.71. The molecule has 0 unspecified atom stereocenters. The van der Waals surface area contributed by atoms with Crippen LogP contribution < -0.4 is 0 Å². The zero-order valence-electron chi connectivity index (χ0n) is 46.6. The molecule has 0 aromatic carbocycles. The maximum Gasteiger partial charge on any atom is 0.306 e. The van der Waals surface area contributed by atoms with Crippen LogP contribution in [0.5, 0.6) is 0 Å². The number of hydrogen-bond donors (Lipinski definition) is 0. The summed E-state index contributed by atoms with van der Waals surface area (Å²) in [5.74, 6) is -0.855. The second-order valence-electron chi connectivity index (χ2n) is 21.0. The molecule has 0 bridgehead atoms. The van der Waals surface area contributed by atoms with Gasteiger partial charge in [0.25, 0.3) is 0 Å². The lowest BCUT2D eigenvalue weighted by molar-refractivity contribution is -0.167. The van der Waals surface area contributed by atoms with Crippen molar-refractivity contribution in [1.29, 1.82) is 0 Å². The van der Waals surface area contributed by atoms with E-state index in [-0.39, 0.29) is 31.1 Å². The van der Waals surface area contributed by atoms with Gasteiger partial charge in [-0.05, 0) is 70.6 Å². The Morgan fingerprint density at radius 1 is 0.275 bits per heavy atom. The van der Waals surface area contributed by atoms with Crippen molar-refractivity contribution in [3.05, 3.63) is 24.3 Å². The quantitative estimate of drug-likeness (QED) is 0.0261. The van der Waals surface area contributed by atoms with Gasteiger partial charge in [0.15, 0.2) is 6.10 Å². The molecule has 0 aromatic rings. The third kappa shape index (κ3) is 56.7. The molecular formula is C63H118O6. The van der Waals surface area contributed by atoms with Crippen LogP contribution in [0.2, 0.25) is 0 Å². The van der Waals surface area contributed by atoms with E-state index >= 15 is 0 Å². The maximum atomic E-state index is 12.9. The molecule has 0 radical (unpaired) electrons. The fourth-order valence-corrected chi connectivity index (χ4v) is 9.26. The standard InChI is InChI=1S/C63H118O6/c1-4-7-10-13-16-19-22-25-27-29-30-31-32-34-35-38-41-44-47-50-53-56-62(65)68-59-60(58-67-61(64)55-52-49-46-43-40-37-24-21-18-15-12-9-6-3)69-63(66)57-54-51-48-45-42-39-36-33-28-26-23-20-17-14-11-8-5-2/h21,24-25,27,60H,4-20,22-23,26,28-59H2,1-3H3/b24-21-,27-25-/t60-/m0/s1. The molecule has 406 valence electrons. The predicted molar refractivity (Wildman–Crippen MR) is 298 cm³/mol. The van der Waals surface area contributed by atoms with E-state index in [1.807, 2.05) is 0 Å². The van der Waals surface area contributed by atoms with E-state index in [2.05, 4.69) is 45.1 Å². The number of hydrogen-bond acceptors (Lipinski definition) is 6. The zero-order chi connectivity index (χ0) is 50.0. The van der Waals surface area contributed by atoms with Gasteiger partial charge in [0, 0.05) is 19.3 Å². The molecule has 6 heteroatoms. The highest BCUT2D eigenvalue weighted by atomic mass is 16.6. The molecule has 0 spiro atoms. The number of ether oxygens (including phenoxy) is 3. The summed E-state index contributed by atoms with van der Waals surface area (Å²) >= 11 is 0. The van der Waals surface area contributed by atoms with Gasteiger partial charge in [0.05, 0.1) is 0 Å². The highest BCUT2D eigenvalue weighted by Crippen LogP contribution is 2.17. The lowest BCUT2D eigenvalue weighted by atomic mass is 10.0. The number of allylic oxidation sites excluding steroid dienone is 4. The minimum Gasteiger partial charge on any atom is -0.462 e. The molecule has 1 atom stereocenters. The summed E-state index contributed by atoms with van der Waals surface area (Å²) in [6.07, 6.45) is 68.9. The average Bonchev–Trinajstić information content (AvgIpc) is 3.35. The molecular weight excluding hydrogens is 853 g/mol. The van der Waals surface area contributed by atoms with Crippen LogP contribution in [0.3, 0.4) is 0 Å². The Bertz CT molecular complexity index is 1110. The van der Waals surface area contributed by atoms with Crippen LogP contribution in [0.25, 0.3) is 0 Å². The highest BCUT2D eigenvalue weighted by Gasteiger charge is 2.19. The molecule has 0 rings (SSSR count). The number of unbranched alkanes of at least 4 members (excludes halogenated alkanes) is 42. The molecule has 0 aliphatic heterocycles. The third-order valence-electron chi connectivity index (χ3n) is 13.9. The van der Waals surface area contributed by atoms with Crippen molar-refractivity contribution in [3.8, 4) is 0 Å². The van der Waals surface area contributed by atoms with Gasteiger partial charge in [0.1, 0.15) is 13.2 Å². The molecule has 0 N–H and O–H groups in total. The van der Waals surface area contributed by atoms with Gasteiger partial charge >= 0.3 is 17.9 Å². The molecule has 0 aliphatic carbocycles. The van der Waals surface area contributed by atoms with Crippen molar-refractivity contribution >= 4 is 17.9 Å². The summed E-state index contributed by atoms with van der Waals surface area (Å²) in [6, 6.07) is 0. The first-order valence-electron chi connectivity index (χ1n) is 30.8. The minimum atomic E-state index is -0.771. The van der Waals surface area contributed by atoms with Gasteiger partial charge in [-0.2, -0.15) is 0 Å². The summed E-state index contributed by atoms with van der Waals surface area (Å²) in [7, 11) is 0. The molecule has 0 fully saturated rings. The van der Waals surface area contributed by atoms with Crippen LogP contribution in [-0.2, 0) is 28.6 Å². The number of carbonyl (C=O) groups excluding carboxylic acids is 3. The first-order chi connectivity index (χ1) is 34.0. The summed E-state index contributed by atoms with van der Waals surface area (Å²) in [6.45, 7) is 6.67. The third-order valence-corrected chi connectivity index (χ3v) is 13.9. The van der Waals surface area contributed by atoms with Crippen LogP contribution >= 0.6 is 0 Å². The summed E-state index contributed by atoms with van der Waals surface area (Å²) in [5.41, 5.74) is 0. The molecule has 0 saturated heterocycles. The van der Waals surface area contributed by atoms with Crippen molar-refractivity contribution in [1.82, 2.24) is 0 Å². The van der Waals surface area contributed by atoms with Crippen LogP contribution in [0.4, 0.5) is 0 Å². The van der Waals surface area contributed by atoms with Gasteiger partial charge in [-0.3, -0.25) is 14.4 Å². The minimum absolute atomic E-state index is 0.0694. The van der Waals surface area contributed by atoms with Crippen molar-refractivity contribution in [2.45, 2.75) is 348 Å². The average molecular weight is 972 g/mol. The van der Waals surface area contributed by atoms with Gasteiger partial charge in [-0.25, -0.2) is 0 Å². The Balaban J connectivity index is 4.28. The number of rotatable bonds is 57. The Kier molecular flexibility index (Phi) is 56.7. The lowest BCUT2D eigenvalue weighted by Gasteiger charge is -2.18. The first-order valence-corrected chi connectivity index (χ1v) is 30.8. The van der Waals surface area contributed by atoms with Crippen molar-refractivity contribution in [2.75, 3.05) is 13.2 Å².